The molecule has 1 atom stereocenters. The highest BCUT2D eigenvalue weighted by molar-refractivity contribution is 5.87. The number of furan rings is 1. The molecule has 0 spiro atoms. The summed E-state index contributed by atoms with van der Waals surface area (Å²) in [4.78, 5) is 0. The Bertz CT molecular complexity index is 949. The molecule has 2 aromatic carbocycles. The molecule has 0 radical (unpaired) electrons. The lowest BCUT2D eigenvalue weighted by molar-refractivity contribution is 0.138. The molecule has 0 fully saturated rings. The monoisotopic (exact) mass is 316 g/mol. The Hall–Kier alpha value is -2.48. The van der Waals surface area contributed by atoms with Gasteiger partial charge in [-0.05, 0) is 50.0 Å². The van der Waals surface area contributed by atoms with Crippen molar-refractivity contribution in [1.29, 1.82) is 0 Å². The lowest BCUT2D eigenvalue weighted by Crippen LogP contribution is -2.29. The van der Waals surface area contributed by atoms with E-state index in [-0.39, 0.29) is 0 Å². The summed E-state index contributed by atoms with van der Waals surface area (Å²) in [5.74, 6) is 2.12. The summed E-state index contributed by atoms with van der Waals surface area (Å²) in [7, 11) is 0. The van der Waals surface area contributed by atoms with Crippen LogP contribution in [-0.2, 0) is 18.4 Å². The van der Waals surface area contributed by atoms with Gasteiger partial charge in [0.1, 0.15) is 22.7 Å². The summed E-state index contributed by atoms with van der Waals surface area (Å²) in [6.07, 6.45) is 8.96. The van der Waals surface area contributed by atoms with Crippen LogP contribution in [0.3, 0.4) is 0 Å². The first-order chi connectivity index (χ1) is 11.7. The number of hydrogen-bond acceptors (Lipinski definition) is 2. The molecule has 0 N–H and O–H groups in total. The second-order valence-electron chi connectivity index (χ2n) is 7.01. The summed E-state index contributed by atoms with van der Waals surface area (Å²) >= 11 is 0. The molecule has 3 aromatic rings. The van der Waals surface area contributed by atoms with Crippen LogP contribution >= 0.6 is 0 Å². The standard InChI is InChI=1S/C22H20O2/c1-22(16-7-3-2-4-8-16)12-11-15-13-21-18(14-20(15)24-22)17-9-5-6-10-19(17)23-21/h2-4,7-8,11-14H,5-6,9-10H2,1H3. The third kappa shape index (κ3) is 2.02. The van der Waals surface area contributed by atoms with Crippen LogP contribution in [0.15, 0.2) is 53.0 Å². The largest absolute Gasteiger partial charge is 0.478 e. The second kappa shape index (κ2) is 5.01. The van der Waals surface area contributed by atoms with E-state index in [0.29, 0.717) is 0 Å². The SMILES string of the molecule is CC1(c2ccccc2)C=Cc2cc3oc4c(c3cc2O1)CCCC4. The fourth-order valence-corrected chi connectivity index (χ4v) is 3.96. The maximum absolute atomic E-state index is 6.45. The van der Waals surface area contributed by atoms with Gasteiger partial charge in [0, 0.05) is 22.9 Å². The van der Waals surface area contributed by atoms with Gasteiger partial charge in [0.05, 0.1) is 0 Å². The minimum absolute atomic E-state index is 0.425. The number of fused-ring (bicyclic) bond motifs is 4. The third-order valence-corrected chi connectivity index (χ3v) is 5.34. The van der Waals surface area contributed by atoms with Crippen molar-refractivity contribution in [3.05, 3.63) is 71.0 Å². The second-order valence-corrected chi connectivity index (χ2v) is 7.01. The summed E-state index contributed by atoms with van der Waals surface area (Å²) < 4.78 is 12.5. The van der Waals surface area contributed by atoms with Crippen molar-refractivity contribution >= 4 is 17.0 Å². The van der Waals surface area contributed by atoms with E-state index in [2.05, 4.69) is 55.5 Å². The van der Waals surface area contributed by atoms with Crippen molar-refractivity contribution in [2.75, 3.05) is 0 Å². The van der Waals surface area contributed by atoms with Crippen LogP contribution in [0, 0.1) is 0 Å². The van der Waals surface area contributed by atoms with Crippen molar-refractivity contribution < 1.29 is 9.15 Å². The minimum Gasteiger partial charge on any atom is -0.478 e. The van der Waals surface area contributed by atoms with Crippen molar-refractivity contribution in [3.63, 3.8) is 0 Å². The fourth-order valence-electron chi connectivity index (χ4n) is 3.96. The van der Waals surface area contributed by atoms with Gasteiger partial charge < -0.3 is 9.15 Å². The number of aryl methyl sites for hydroxylation is 2. The predicted octanol–water partition coefficient (Wildman–Crippen LogP) is 5.63. The lowest BCUT2D eigenvalue weighted by atomic mass is 9.91. The van der Waals surface area contributed by atoms with Gasteiger partial charge in [0.25, 0.3) is 0 Å². The Morgan fingerprint density at radius 3 is 2.71 bits per heavy atom. The van der Waals surface area contributed by atoms with E-state index in [1.165, 1.54) is 35.1 Å². The molecule has 1 aliphatic heterocycles. The highest BCUT2D eigenvalue weighted by atomic mass is 16.5. The number of rotatable bonds is 1. The van der Waals surface area contributed by atoms with E-state index >= 15 is 0 Å². The van der Waals surface area contributed by atoms with Crippen LogP contribution < -0.4 is 4.74 Å². The van der Waals surface area contributed by atoms with Crippen LogP contribution in [0.25, 0.3) is 17.0 Å². The van der Waals surface area contributed by atoms with E-state index in [1.807, 2.05) is 6.07 Å². The van der Waals surface area contributed by atoms with Crippen LogP contribution in [0.1, 0.15) is 42.2 Å². The topological polar surface area (TPSA) is 22.4 Å². The molecule has 120 valence electrons. The van der Waals surface area contributed by atoms with Crippen molar-refractivity contribution in [3.8, 4) is 5.75 Å². The van der Waals surface area contributed by atoms with Crippen molar-refractivity contribution in [2.45, 2.75) is 38.2 Å². The number of benzene rings is 2. The van der Waals surface area contributed by atoms with Gasteiger partial charge in [-0.3, -0.25) is 0 Å². The molecule has 2 aliphatic rings. The molecule has 2 heterocycles. The number of hydrogen-bond donors (Lipinski definition) is 0. The zero-order valence-electron chi connectivity index (χ0n) is 13.8. The van der Waals surface area contributed by atoms with E-state index in [1.54, 1.807) is 0 Å². The molecule has 0 bridgehead atoms. The van der Waals surface area contributed by atoms with Gasteiger partial charge in [-0.15, -0.1) is 0 Å². The molecule has 1 aliphatic carbocycles. The Morgan fingerprint density at radius 2 is 1.83 bits per heavy atom. The molecular weight excluding hydrogens is 296 g/mol. The first-order valence-corrected chi connectivity index (χ1v) is 8.75. The summed E-state index contributed by atoms with van der Waals surface area (Å²) in [5, 5.41) is 1.23. The zero-order chi connectivity index (χ0) is 16.1. The molecular formula is C22H20O2. The quantitative estimate of drug-likeness (QED) is 0.580. The molecule has 0 amide bonds. The Labute approximate surface area is 141 Å². The van der Waals surface area contributed by atoms with Gasteiger partial charge >= 0.3 is 0 Å². The summed E-state index contributed by atoms with van der Waals surface area (Å²) in [6, 6.07) is 14.7. The normalized spacial score (nSPS) is 22.0. The molecule has 5 rings (SSSR count). The smallest absolute Gasteiger partial charge is 0.150 e. The molecule has 1 aromatic heterocycles. The van der Waals surface area contributed by atoms with Crippen LogP contribution in [0.5, 0.6) is 5.75 Å². The fraction of sp³-hybridized carbons (Fsp3) is 0.273. The molecule has 24 heavy (non-hydrogen) atoms. The maximum Gasteiger partial charge on any atom is 0.150 e. The first-order valence-electron chi connectivity index (χ1n) is 8.75. The van der Waals surface area contributed by atoms with Crippen LogP contribution in [0.4, 0.5) is 0 Å². The van der Waals surface area contributed by atoms with Gasteiger partial charge in [0.15, 0.2) is 0 Å². The van der Waals surface area contributed by atoms with E-state index in [9.17, 15) is 0 Å². The van der Waals surface area contributed by atoms with E-state index in [4.69, 9.17) is 9.15 Å². The van der Waals surface area contributed by atoms with Gasteiger partial charge in [-0.1, -0.05) is 36.4 Å². The van der Waals surface area contributed by atoms with Crippen molar-refractivity contribution in [1.82, 2.24) is 0 Å². The summed E-state index contributed by atoms with van der Waals surface area (Å²) in [5.41, 5.74) is 4.23. The molecule has 2 nitrogen and oxygen atoms in total. The van der Waals surface area contributed by atoms with Gasteiger partial charge in [-0.25, -0.2) is 0 Å². The molecule has 0 saturated heterocycles. The van der Waals surface area contributed by atoms with Crippen LogP contribution in [0.2, 0.25) is 0 Å². The van der Waals surface area contributed by atoms with Gasteiger partial charge in [-0.2, -0.15) is 0 Å². The van der Waals surface area contributed by atoms with Crippen LogP contribution in [-0.4, -0.2) is 0 Å². The zero-order valence-corrected chi connectivity index (χ0v) is 13.8. The lowest BCUT2D eigenvalue weighted by Gasteiger charge is -2.32. The highest BCUT2D eigenvalue weighted by Gasteiger charge is 2.30. The molecule has 2 heteroatoms. The maximum atomic E-state index is 6.45. The average molecular weight is 316 g/mol. The minimum atomic E-state index is -0.425. The first kappa shape index (κ1) is 13.9. The highest BCUT2D eigenvalue weighted by Crippen LogP contribution is 2.41. The predicted molar refractivity (Wildman–Crippen MR) is 96.3 cm³/mol. The van der Waals surface area contributed by atoms with Crippen molar-refractivity contribution in [2.24, 2.45) is 0 Å². The van der Waals surface area contributed by atoms with E-state index < -0.39 is 5.60 Å². The summed E-state index contributed by atoms with van der Waals surface area (Å²) in [6.45, 7) is 2.12. The van der Waals surface area contributed by atoms with E-state index in [0.717, 1.165) is 29.7 Å². The molecule has 1 unspecified atom stereocenters. The Kier molecular flexibility index (Phi) is 2.90. The average Bonchev–Trinajstić information content (AvgIpc) is 2.98. The molecule has 0 saturated carbocycles. The Morgan fingerprint density at radius 1 is 1.00 bits per heavy atom. The Balaban J connectivity index is 1.63. The third-order valence-electron chi connectivity index (χ3n) is 5.34. The number of ether oxygens (including phenoxy) is 1. The van der Waals surface area contributed by atoms with Gasteiger partial charge in [0.2, 0.25) is 0 Å².